The molecule has 3 fully saturated rings. The van der Waals surface area contributed by atoms with Gasteiger partial charge in [0.15, 0.2) is 5.96 Å². The van der Waals surface area contributed by atoms with Gasteiger partial charge < -0.3 is 20.1 Å². The Kier molecular flexibility index (Phi) is 6.98. The average molecular weight is 437 g/mol. The van der Waals surface area contributed by atoms with Crippen molar-refractivity contribution in [1.82, 2.24) is 10.2 Å². The van der Waals surface area contributed by atoms with E-state index < -0.39 is 0 Å². The molecule has 0 radical (unpaired) electrons. The summed E-state index contributed by atoms with van der Waals surface area (Å²) in [5.74, 6) is 1.05. The maximum atomic E-state index is 9.82. The lowest BCUT2D eigenvalue weighted by Gasteiger charge is -2.38. The molecule has 0 bridgehead atoms. The van der Waals surface area contributed by atoms with E-state index in [2.05, 4.69) is 17.1 Å². The third kappa shape index (κ3) is 4.31. The highest BCUT2D eigenvalue weighted by molar-refractivity contribution is 14.0. The maximum absolute atomic E-state index is 9.82. The number of nitrogens with one attached hydrogen (secondary N) is 1. The van der Waals surface area contributed by atoms with E-state index in [1.165, 1.54) is 25.7 Å². The third-order valence-corrected chi connectivity index (χ3v) is 5.94. The Bertz CT molecular complexity index is 407. The number of halogens is 1. The first kappa shape index (κ1) is 19.2. The minimum absolute atomic E-state index is 0. The van der Waals surface area contributed by atoms with Crippen LogP contribution in [0.15, 0.2) is 4.99 Å². The molecule has 5 nitrogen and oxygen atoms in total. The molecule has 2 N–H and O–H groups in total. The second-order valence-corrected chi connectivity index (χ2v) is 7.47. The van der Waals surface area contributed by atoms with Crippen molar-refractivity contribution in [1.29, 1.82) is 0 Å². The zero-order valence-electron chi connectivity index (χ0n) is 14.4. The molecule has 0 aromatic carbocycles. The fourth-order valence-corrected chi connectivity index (χ4v) is 4.04. The van der Waals surface area contributed by atoms with Crippen molar-refractivity contribution in [3.8, 4) is 0 Å². The molecular weight excluding hydrogens is 405 g/mol. The molecule has 2 aliphatic heterocycles. The molecule has 1 saturated carbocycles. The van der Waals surface area contributed by atoms with Crippen LogP contribution in [-0.4, -0.2) is 62.0 Å². The number of hydrogen-bond acceptors (Lipinski definition) is 3. The molecule has 2 saturated heterocycles. The summed E-state index contributed by atoms with van der Waals surface area (Å²) in [4.78, 5) is 7.34. The molecule has 134 valence electrons. The average Bonchev–Trinajstić information content (AvgIpc) is 2.98. The SMILES string of the molecule is CCNC(=NCC1(CO)CCOCC1)N1CCC2(CCC2)C1.I. The molecule has 2 heterocycles. The van der Waals surface area contributed by atoms with E-state index in [1.807, 2.05) is 0 Å². The van der Waals surface area contributed by atoms with Gasteiger partial charge in [-0.2, -0.15) is 0 Å². The molecule has 3 aliphatic rings. The summed E-state index contributed by atoms with van der Waals surface area (Å²) in [6.07, 6.45) is 7.32. The van der Waals surface area contributed by atoms with Crippen molar-refractivity contribution in [3.05, 3.63) is 0 Å². The van der Waals surface area contributed by atoms with Crippen molar-refractivity contribution in [2.45, 2.75) is 45.4 Å². The van der Waals surface area contributed by atoms with E-state index in [-0.39, 0.29) is 36.0 Å². The van der Waals surface area contributed by atoms with E-state index in [0.29, 0.717) is 12.0 Å². The summed E-state index contributed by atoms with van der Waals surface area (Å²) < 4.78 is 5.44. The Labute approximate surface area is 157 Å². The zero-order valence-corrected chi connectivity index (χ0v) is 16.7. The minimum Gasteiger partial charge on any atom is -0.396 e. The Morgan fingerprint density at radius 3 is 2.48 bits per heavy atom. The van der Waals surface area contributed by atoms with Crippen LogP contribution in [0.2, 0.25) is 0 Å². The molecule has 0 aromatic rings. The van der Waals surface area contributed by atoms with Crippen molar-refractivity contribution in [3.63, 3.8) is 0 Å². The van der Waals surface area contributed by atoms with Crippen LogP contribution in [0.3, 0.4) is 0 Å². The molecular formula is C17H32IN3O2. The van der Waals surface area contributed by atoms with E-state index in [9.17, 15) is 5.11 Å². The van der Waals surface area contributed by atoms with Gasteiger partial charge in [0.2, 0.25) is 0 Å². The Hall–Kier alpha value is -0.0800. The fraction of sp³-hybridized carbons (Fsp3) is 0.941. The second kappa shape index (κ2) is 8.34. The van der Waals surface area contributed by atoms with Gasteiger partial charge in [-0.15, -0.1) is 24.0 Å². The van der Waals surface area contributed by atoms with Gasteiger partial charge in [0.1, 0.15) is 0 Å². The molecule has 3 rings (SSSR count). The van der Waals surface area contributed by atoms with Crippen molar-refractivity contribution in [2.24, 2.45) is 15.8 Å². The number of aliphatic imine (C=N–C) groups is 1. The second-order valence-electron chi connectivity index (χ2n) is 7.47. The van der Waals surface area contributed by atoms with Crippen LogP contribution in [0.4, 0.5) is 0 Å². The van der Waals surface area contributed by atoms with Gasteiger partial charge in [-0.3, -0.25) is 4.99 Å². The number of rotatable bonds is 4. The third-order valence-electron chi connectivity index (χ3n) is 5.94. The molecule has 0 amide bonds. The summed E-state index contributed by atoms with van der Waals surface area (Å²) in [6.45, 7) is 7.73. The number of likely N-dealkylation sites (tertiary alicyclic amines) is 1. The topological polar surface area (TPSA) is 57.1 Å². The van der Waals surface area contributed by atoms with Gasteiger partial charge in [-0.1, -0.05) is 6.42 Å². The van der Waals surface area contributed by atoms with Gasteiger partial charge in [-0.05, 0) is 44.4 Å². The number of nitrogens with zero attached hydrogens (tertiary/aromatic N) is 2. The summed E-state index contributed by atoms with van der Waals surface area (Å²) in [6, 6.07) is 0. The molecule has 1 spiro atoms. The van der Waals surface area contributed by atoms with Crippen LogP contribution in [0.5, 0.6) is 0 Å². The van der Waals surface area contributed by atoms with Gasteiger partial charge in [-0.25, -0.2) is 0 Å². The van der Waals surface area contributed by atoms with Gasteiger partial charge >= 0.3 is 0 Å². The lowest BCUT2D eigenvalue weighted by Crippen LogP contribution is -2.44. The van der Waals surface area contributed by atoms with Crippen molar-refractivity contribution in [2.75, 3.05) is 46.0 Å². The molecule has 1 aliphatic carbocycles. The van der Waals surface area contributed by atoms with E-state index in [0.717, 1.165) is 51.6 Å². The van der Waals surface area contributed by atoms with E-state index in [4.69, 9.17) is 9.73 Å². The lowest BCUT2D eigenvalue weighted by molar-refractivity contribution is -0.0107. The lowest BCUT2D eigenvalue weighted by atomic mass is 9.68. The Morgan fingerprint density at radius 2 is 1.96 bits per heavy atom. The first-order valence-corrected chi connectivity index (χ1v) is 8.93. The molecule has 0 atom stereocenters. The van der Waals surface area contributed by atoms with Crippen LogP contribution >= 0.6 is 24.0 Å². The zero-order chi connectivity index (χ0) is 15.5. The van der Waals surface area contributed by atoms with Gasteiger partial charge in [0.05, 0.1) is 13.2 Å². The van der Waals surface area contributed by atoms with Crippen LogP contribution < -0.4 is 5.32 Å². The van der Waals surface area contributed by atoms with E-state index >= 15 is 0 Å². The predicted molar refractivity (Wildman–Crippen MR) is 103 cm³/mol. The van der Waals surface area contributed by atoms with Crippen LogP contribution in [0, 0.1) is 10.8 Å². The van der Waals surface area contributed by atoms with Crippen molar-refractivity contribution >= 4 is 29.9 Å². The van der Waals surface area contributed by atoms with Crippen LogP contribution in [0.1, 0.15) is 45.4 Å². The highest BCUT2D eigenvalue weighted by Crippen LogP contribution is 2.47. The number of ether oxygens (including phenoxy) is 1. The maximum Gasteiger partial charge on any atom is 0.193 e. The Morgan fingerprint density at radius 1 is 1.22 bits per heavy atom. The summed E-state index contributed by atoms with van der Waals surface area (Å²) in [7, 11) is 0. The highest BCUT2D eigenvalue weighted by atomic mass is 127. The number of aliphatic hydroxyl groups is 1. The molecule has 0 aromatic heterocycles. The van der Waals surface area contributed by atoms with Gasteiger partial charge in [0, 0.05) is 38.3 Å². The quantitative estimate of drug-likeness (QED) is 0.403. The number of hydrogen-bond donors (Lipinski definition) is 2. The summed E-state index contributed by atoms with van der Waals surface area (Å²) >= 11 is 0. The standard InChI is InChI=1S/C17H31N3O2.HI/c1-2-18-15(20-9-6-16(13-20)4-3-5-16)19-12-17(14-21)7-10-22-11-8-17;/h21H,2-14H2,1H3,(H,18,19);1H. The summed E-state index contributed by atoms with van der Waals surface area (Å²) in [5, 5.41) is 13.3. The largest absolute Gasteiger partial charge is 0.396 e. The predicted octanol–water partition coefficient (Wildman–Crippen LogP) is 2.23. The minimum atomic E-state index is -0.0766. The molecule has 6 heteroatoms. The molecule has 0 unspecified atom stereocenters. The smallest absolute Gasteiger partial charge is 0.193 e. The number of aliphatic hydroxyl groups excluding tert-OH is 1. The van der Waals surface area contributed by atoms with Crippen LogP contribution in [-0.2, 0) is 4.74 Å². The first-order chi connectivity index (χ1) is 10.7. The van der Waals surface area contributed by atoms with Gasteiger partial charge in [0.25, 0.3) is 0 Å². The summed E-state index contributed by atoms with van der Waals surface area (Å²) in [5.41, 5.74) is 0.510. The van der Waals surface area contributed by atoms with Crippen LogP contribution in [0.25, 0.3) is 0 Å². The fourth-order valence-electron chi connectivity index (χ4n) is 4.04. The first-order valence-electron chi connectivity index (χ1n) is 8.93. The Balaban J connectivity index is 0.00000192. The number of guanidine groups is 1. The van der Waals surface area contributed by atoms with Crippen molar-refractivity contribution < 1.29 is 9.84 Å². The monoisotopic (exact) mass is 437 g/mol. The van der Waals surface area contributed by atoms with E-state index in [1.54, 1.807) is 0 Å². The molecule has 23 heavy (non-hydrogen) atoms. The highest BCUT2D eigenvalue weighted by Gasteiger charge is 2.43. The normalized spacial score (nSPS) is 25.8.